The Morgan fingerprint density at radius 3 is 2.07 bits per heavy atom. The van der Waals surface area contributed by atoms with Crippen LogP contribution in [0.25, 0.3) is 0 Å². The Morgan fingerprint density at radius 1 is 1.00 bits per heavy atom. The summed E-state index contributed by atoms with van der Waals surface area (Å²) < 4.78 is 65.4. The molecule has 0 heterocycles. The zero-order chi connectivity index (χ0) is 20.2. The molecule has 0 aliphatic rings. The molecular weight excluding hydrogens is 387 g/mol. The van der Waals surface area contributed by atoms with E-state index in [2.05, 4.69) is 5.32 Å². The van der Waals surface area contributed by atoms with E-state index in [0.29, 0.717) is 5.69 Å². The molecule has 6 nitrogen and oxygen atoms in total. The highest BCUT2D eigenvalue weighted by Gasteiger charge is 2.27. The molecule has 0 aliphatic carbocycles. The molecule has 27 heavy (non-hydrogen) atoms. The maximum atomic E-state index is 12.8. The van der Waals surface area contributed by atoms with E-state index >= 15 is 0 Å². The SMILES string of the molecule is C[C@H](OC(=O)c1ccc(S(=O)(=O)C(F)F)cc1)C(=O)Nc1ccc(F)cc1. The first-order valence-corrected chi connectivity index (χ1v) is 9.05. The normalized spacial score (nSPS) is 12.5. The van der Waals surface area contributed by atoms with Crippen molar-refractivity contribution in [3.8, 4) is 0 Å². The fraction of sp³-hybridized carbons (Fsp3) is 0.176. The molecule has 0 saturated carbocycles. The highest BCUT2D eigenvalue weighted by Crippen LogP contribution is 2.19. The number of ether oxygens (including phenoxy) is 1. The van der Waals surface area contributed by atoms with Gasteiger partial charge in [-0.1, -0.05) is 0 Å². The van der Waals surface area contributed by atoms with Crippen LogP contribution in [-0.4, -0.2) is 32.2 Å². The number of rotatable bonds is 6. The minimum Gasteiger partial charge on any atom is -0.449 e. The van der Waals surface area contributed by atoms with E-state index in [4.69, 9.17) is 4.74 Å². The molecule has 0 saturated heterocycles. The number of nitrogens with one attached hydrogen (secondary N) is 1. The van der Waals surface area contributed by atoms with Crippen molar-refractivity contribution in [2.75, 3.05) is 5.32 Å². The first-order valence-electron chi connectivity index (χ1n) is 7.51. The van der Waals surface area contributed by atoms with Gasteiger partial charge in [-0.05, 0) is 55.5 Å². The molecule has 0 unspecified atom stereocenters. The maximum Gasteiger partial charge on any atom is 0.341 e. The van der Waals surface area contributed by atoms with Gasteiger partial charge in [0.1, 0.15) is 5.82 Å². The molecule has 2 aromatic rings. The molecule has 1 N–H and O–H groups in total. The number of carbonyl (C=O) groups is 2. The summed E-state index contributed by atoms with van der Waals surface area (Å²) in [5, 5.41) is 2.42. The van der Waals surface area contributed by atoms with Crippen molar-refractivity contribution < 1.29 is 35.9 Å². The Labute approximate surface area is 152 Å². The van der Waals surface area contributed by atoms with Gasteiger partial charge in [0.05, 0.1) is 10.5 Å². The molecule has 0 bridgehead atoms. The third-order valence-electron chi connectivity index (χ3n) is 3.42. The van der Waals surface area contributed by atoms with Gasteiger partial charge in [0.15, 0.2) is 6.10 Å². The average molecular weight is 401 g/mol. The van der Waals surface area contributed by atoms with Crippen LogP contribution < -0.4 is 5.32 Å². The number of alkyl halides is 2. The third-order valence-corrected chi connectivity index (χ3v) is 4.82. The van der Waals surface area contributed by atoms with Crippen LogP contribution in [0.5, 0.6) is 0 Å². The second kappa shape index (κ2) is 8.21. The first kappa shape index (κ1) is 20.4. The Hall–Kier alpha value is -2.88. The van der Waals surface area contributed by atoms with E-state index in [-0.39, 0.29) is 5.56 Å². The lowest BCUT2D eigenvalue weighted by atomic mass is 10.2. The largest absolute Gasteiger partial charge is 0.449 e. The summed E-state index contributed by atoms with van der Waals surface area (Å²) in [7, 11) is -4.77. The Balaban J connectivity index is 2.01. The predicted octanol–water partition coefficient (Wildman–Crippen LogP) is 3.01. The van der Waals surface area contributed by atoms with Gasteiger partial charge in [0.25, 0.3) is 5.91 Å². The first-order chi connectivity index (χ1) is 12.6. The monoisotopic (exact) mass is 401 g/mol. The summed E-state index contributed by atoms with van der Waals surface area (Å²) in [5.41, 5.74) is 0.176. The summed E-state index contributed by atoms with van der Waals surface area (Å²) in [6.07, 6.45) is -1.22. The standard InChI is InChI=1S/C17H14F3NO5S/c1-10(15(22)21-13-6-4-12(18)5-7-13)26-16(23)11-2-8-14(9-3-11)27(24,25)17(19)20/h2-10,17H,1H3,(H,21,22)/t10-/m0/s1. The van der Waals surface area contributed by atoms with Crippen LogP contribution in [0.1, 0.15) is 17.3 Å². The maximum absolute atomic E-state index is 12.8. The van der Waals surface area contributed by atoms with Gasteiger partial charge in [-0.25, -0.2) is 17.6 Å². The van der Waals surface area contributed by atoms with Gasteiger partial charge in [0.2, 0.25) is 9.84 Å². The smallest absolute Gasteiger partial charge is 0.341 e. The number of halogens is 3. The summed E-state index contributed by atoms with van der Waals surface area (Å²) >= 11 is 0. The molecule has 0 fully saturated rings. The quantitative estimate of drug-likeness (QED) is 0.752. The lowest BCUT2D eigenvalue weighted by Gasteiger charge is -2.13. The van der Waals surface area contributed by atoms with Crippen molar-refractivity contribution in [2.45, 2.75) is 23.7 Å². The Morgan fingerprint density at radius 2 is 1.56 bits per heavy atom. The van der Waals surface area contributed by atoms with Crippen LogP contribution in [-0.2, 0) is 19.4 Å². The van der Waals surface area contributed by atoms with Gasteiger partial charge in [-0.2, -0.15) is 8.78 Å². The lowest BCUT2D eigenvalue weighted by Crippen LogP contribution is -2.30. The molecule has 2 rings (SSSR count). The van der Waals surface area contributed by atoms with E-state index in [9.17, 15) is 31.2 Å². The van der Waals surface area contributed by atoms with Crippen molar-refractivity contribution in [3.63, 3.8) is 0 Å². The fourth-order valence-electron chi connectivity index (χ4n) is 1.94. The number of hydrogen-bond acceptors (Lipinski definition) is 5. The zero-order valence-corrected chi connectivity index (χ0v) is 14.7. The fourth-order valence-corrected chi connectivity index (χ4v) is 2.66. The molecule has 0 aliphatic heterocycles. The molecule has 0 radical (unpaired) electrons. The number of benzene rings is 2. The molecule has 1 amide bonds. The lowest BCUT2D eigenvalue weighted by molar-refractivity contribution is -0.123. The number of carbonyl (C=O) groups excluding carboxylic acids is 2. The van der Waals surface area contributed by atoms with Crippen molar-refractivity contribution >= 4 is 27.4 Å². The summed E-state index contributed by atoms with van der Waals surface area (Å²) in [4.78, 5) is 23.3. The predicted molar refractivity (Wildman–Crippen MR) is 89.5 cm³/mol. The minimum atomic E-state index is -4.77. The van der Waals surface area contributed by atoms with Crippen LogP contribution in [0.15, 0.2) is 53.4 Å². The van der Waals surface area contributed by atoms with E-state index in [1.54, 1.807) is 0 Å². The molecular formula is C17H14F3NO5S. The van der Waals surface area contributed by atoms with Gasteiger partial charge in [-0.15, -0.1) is 0 Å². The van der Waals surface area contributed by atoms with Crippen molar-refractivity contribution in [1.29, 1.82) is 0 Å². The Bertz CT molecular complexity index is 928. The van der Waals surface area contributed by atoms with Crippen LogP contribution in [0.4, 0.5) is 18.9 Å². The second-order valence-corrected chi connectivity index (χ2v) is 7.29. The van der Waals surface area contributed by atoms with Crippen molar-refractivity contribution in [2.24, 2.45) is 0 Å². The van der Waals surface area contributed by atoms with Gasteiger partial charge < -0.3 is 10.1 Å². The molecule has 2 aromatic carbocycles. The van der Waals surface area contributed by atoms with Crippen molar-refractivity contribution in [1.82, 2.24) is 0 Å². The van der Waals surface area contributed by atoms with Crippen molar-refractivity contribution in [3.05, 3.63) is 59.9 Å². The number of amides is 1. The van der Waals surface area contributed by atoms with E-state index < -0.39 is 44.3 Å². The van der Waals surface area contributed by atoms with E-state index in [1.165, 1.54) is 19.1 Å². The van der Waals surface area contributed by atoms with Crippen LogP contribution in [0.2, 0.25) is 0 Å². The van der Waals surface area contributed by atoms with E-state index in [0.717, 1.165) is 36.4 Å². The number of hydrogen-bond donors (Lipinski definition) is 1. The number of esters is 1. The zero-order valence-electron chi connectivity index (χ0n) is 13.9. The summed E-state index contributed by atoms with van der Waals surface area (Å²) in [5.74, 6) is -5.68. The van der Waals surface area contributed by atoms with E-state index in [1.807, 2.05) is 0 Å². The van der Waals surface area contributed by atoms with Gasteiger partial charge in [-0.3, -0.25) is 4.79 Å². The number of anilines is 1. The number of sulfone groups is 1. The highest BCUT2D eigenvalue weighted by atomic mass is 32.2. The minimum absolute atomic E-state index is 0.121. The molecule has 0 spiro atoms. The van der Waals surface area contributed by atoms with Crippen LogP contribution in [0.3, 0.4) is 0 Å². The van der Waals surface area contributed by atoms with Crippen LogP contribution in [0, 0.1) is 5.82 Å². The third kappa shape index (κ3) is 5.07. The molecule has 10 heteroatoms. The summed E-state index contributed by atoms with van der Waals surface area (Å²) in [6.45, 7) is 1.30. The van der Waals surface area contributed by atoms with Crippen LogP contribution >= 0.6 is 0 Å². The summed E-state index contributed by atoms with van der Waals surface area (Å²) in [6, 6.07) is 8.63. The molecule has 0 aromatic heterocycles. The van der Waals surface area contributed by atoms with Gasteiger partial charge >= 0.3 is 11.7 Å². The molecule has 1 atom stereocenters. The highest BCUT2D eigenvalue weighted by molar-refractivity contribution is 7.91. The Kier molecular flexibility index (Phi) is 6.21. The van der Waals surface area contributed by atoms with Gasteiger partial charge in [0, 0.05) is 5.69 Å². The molecule has 144 valence electrons. The topological polar surface area (TPSA) is 89.5 Å². The average Bonchev–Trinajstić information content (AvgIpc) is 2.63. The second-order valence-electron chi connectivity index (χ2n) is 5.37.